The Morgan fingerprint density at radius 2 is 1.84 bits per heavy atom. The number of hydrogen-bond donors (Lipinski definition) is 1. The number of ether oxygens (including phenoxy) is 2. The van der Waals surface area contributed by atoms with Crippen molar-refractivity contribution in [1.82, 2.24) is 0 Å². The molecule has 2 aromatic carbocycles. The average Bonchev–Trinajstić information content (AvgIpc) is 2.89. The summed E-state index contributed by atoms with van der Waals surface area (Å²) in [6.45, 7) is 0. The standard InChI is InChI=1S/C18H15NO4S2/c1-22-14-5-3-4-11(16(14)23-2)10-15-17(21)19(18(24)25-15)12-6-8-13(20)9-7-12/h3-10,20H,1-2H3/b15-10+. The Morgan fingerprint density at radius 1 is 1.12 bits per heavy atom. The van der Waals surface area contributed by atoms with Crippen LogP contribution < -0.4 is 14.4 Å². The molecule has 1 heterocycles. The number of anilines is 1. The second-order valence-electron chi connectivity index (χ2n) is 5.12. The van der Waals surface area contributed by atoms with Crippen LogP contribution in [-0.2, 0) is 4.79 Å². The van der Waals surface area contributed by atoms with Gasteiger partial charge >= 0.3 is 0 Å². The molecule has 0 unspecified atom stereocenters. The number of aromatic hydroxyl groups is 1. The van der Waals surface area contributed by atoms with E-state index in [1.54, 1.807) is 38.5 Å². The van der Waals surface area contributed by atoms with Crippen molar-refractivity contribution in [2.24, 2.45) is 0 Å². The van der Waals surface area contributed by atoms with Gasteiger partial charge in [-0.3, -0.25) is 9.69 Å². The van der Waals surface area contributed by atoms with Gasteiger partial charge in [-0.15, -0.1) is 0 Å². The predicted molar refractivity (Wildman–Crippen MR) is 103 cm³/mol. The molecule has 5 nitrogen and oxygen atoms in total. The van der Waals surface area contributed by atoms with Gasteiger partial charge in [0.2, 0.25) is 0 Å². The monoisotopic (exact) mass is 373 g/mol. The average molecular weight is 373 g/mol. The Hall–Kier alpha value is -2.51. The number of rotatable bonds is 4. The van der Waals surface area contributed by atoms with Crippen LogP contribution in [0.2, 0.25) is 0 Å². The minimum Gasteiger partial charge on any atom is -0.508 e. The fraction of sp³-hybridized carbons (Fsp3) is 0.111. The highest BCUT2D eigenvalue weighted by Crippen LogP contribution is 2.39. The summed E-state index contributed by atoms with van der Waals surface area (Å²) in [6.07, 6.45) is 1.74. The number of thioether (sulfide) groups is 1. The Bertz CT molecular complexity index is 862. The number of para-hydroxylation sites is 1. The number of carbonyl (C=O) groups is 1. The first-order valence-corrected chi connectivity index (χ1v) is 8.55. The molecular formula is C18H15NO4S2. The molecule has 1 saturated heterocycles. The first kappa shape index (κ1) is 17.3. The second-order valence-corrected chi connectivity index (χ2v) is 6.79. The van der Waals surface area contributed by atoms with Crippen LogP contribution in [0.15, 0.2) is 47.4 Å². The molecule has 0 atom stereocenters. The molecule has 0 spiro atoms. The number of benzene rings is 2. The van der Waals surface area contributed by atoms with E-state index in [0.29, 0.717) is 26.4 Å². The van der Waals surface area contributed by atoms with Crippen LogP contribution >= 0.6 is 24.0 Å². The molecule has 1 aliphatic heterocycles. The van der Waals surface area contributed by atoms with Gasteiger partial charge in [-0.1, -0.05) is 36.1 Å². The molecule has 2 aromatic rings. The molecule has 0 aromatic heterocycles. The van der Waals surface area contributed by atoms with E-state index in [4.69, 9.17) is 21.7 Å². The third-order valence-electron chi connectivity index (χ3n) is 3.62. The molecule has 1 amide bonds. The molecule has 1 N–H and O–H groups in total. The highest BCUT2D eigenvalue weighted by Gasteiger charge is 2.33. The minimum atomic E-state index is -0.217. The van der Waals surface area contributed by atoms with E-state index in [9.17, 15) is 9.90 Å². The molecular weight excluding hydrogens is 358 g/mol. The summed E-state index contributed by atoms with van der Waals surface area (Å²) in [5.74, 6) is 1.06. The van der Waals surface area contributed by atoms with Crippen LogP contribution in [-0.4, -0.2) is 29.6 Å². The lowest BCUT2D eigenvalue weighted by molar-refractivity contribution is -0.113. The highest BCUT2D eigenvalue weighted by atomic mass is 32.2. The van der Waals surface area contributed by atoms with Crippen molar-refractivity contribution in [3.63, 3.8) is 0 Å². The Labute approximate surface area is 154 Å². The zero-order valence-electron chi connectivity index (χ0n) is 13.6. The predicted octanol–water partition coefficient (Wildman–Crippen LogP) is 3.82. The quantitative estimate of drug-likeness (QED) is 0.650. The third kappa shape index (κ3) is 3.33. The van der Waals surface area contributed by atoms with Gasteiger partial charge < -0.3 is 14.6 Å². The molecule has 1 aliphatic rings. The van der Waals surface area contributed by atoms with Crippen LogP contribution in [0.1, 0.15) is 5.56 Å². The highest BCUT2D eigenvalue weighted by molar-refractivity contribution is 8.27. The molecule has 128 valence electrons. The van der Waals surface area contributed by atoms with Crippen LogP contribution in [0.3, 0.4) is 0 Å². The fourth-order valence-corrected chi connectivity index (χ4v) is 3.75. The third-order valence-corrected chi connectivity index (χ3v) is 4.92. The van der Waals surface area contributed by atoms with Crippen LogP contribution in [0.5, 0.6) is 17.2 Å². The lowest BCUT2D eigenvalue weighted by atomic mass is 10.1. The van der Waals surface area contributed by atoms with Gasteiger partial charge in [0.15, 0.2) is 15.8 Å². The zero-order valence-corrected chi connectivity index (χ0v) is 15.2. The van der Waals surface area contributed by atoms with Gasteiger partial charge in [0.1, 0.15) is 5.75 Å². The fourth-order valence-electron chi connectivity index (χ4n) is 2.46. The Morgan fingerprint density at radius 3 is 2.48 bits per heavy atom. The van der Waals surface area contributed by atoms with E-state index in [1.165, 1.54) is 28.8 Å². The molecule has 0 radical (unpaired) electrons. The van der Waals surface area contributed by atoms with Crippen molar-refractivity contribution in [2.75, 3.05) is 19.1 Å². The summed E-state index contributed by atoms with van der Waals surface area (Å²) in [4.78, 5) is 14.7. The van der Waals surface area contributed by atoms with E-state index < -0.39 is 0 Å². The number of methoxy groups -OCH3 is 2. The number of thiocarbonyl (C=S) groups is 1. The van der Waals surface area contributed by atoms with Crippen LogP contribution in [0.4, 0.5) is 5.69 Å². The molecule has 25 heavy (non-hydrogen) atoms. The van der Waals surface area contributed by atoms with Gasteiger partial charge in [0, 0.05) is 5.56 Å². The van der Waals surface area contributed by atoms with Gasteiger partial charge in [-0.2, -0.15) is 0 Å². The van der Waals surface area contributed by atoms with E-state index in [-0.39, 0.29) is 11.7 Å². The summed E-state index contributed by atoms with van der Waals surface area (Å²) in [6, 6.07) is 11.8. The van der Waals surface area contributed by atoms with Crippen molar-refractivity contribution >= 4 is 46.0 Å². The van der Waals surface area contributed by atoms with Gasteiger partial charge in [0.25, 0.3) is 5.91 Å². The Balaban J connectivity index is 1.97. The van der Waals surface area contributed by atoms with E-state index in [0.717, 1.165) is 5.56 Å². The first-order chi connectivity index (χ1) is 12.0. The van der Waals surface area contributed by atoms with Crippen LogP contribution in [0.25, 0.3) is 6.08 Å². The van der Waals surface area contributed by atoms with E-state index >= 15 is 0 Å². The summed E-state index contributed by atoms with van der Waals surface area (Å²) in [7, 11) is 3.11. The summed E-state index contributed by atoms with van der Waals surface area (Å²) in [5, 5.41) is 9.41. The maximum atomic E-state index is 12.8. The maximum Gasteiger partial charge on any atom is 0.270 e. The maximum absolute atomic E-state index is 12.8. The number of amides is 1. The molecule has 0 bridgehead atoms. The summed E-state index contributed by atoms with van der Waals surface area (Å²) < 4.78 is 11.1. The molecule has 3 rings (SSSR count). The van der Waals surface area contributed by atoms with Crippen molar-refractivity contribution in [1.29, 1.82) is 0 Å². The second kappa shape index (κ2) is 7.16. The number of phenols is 1. The number of nitrogens with zero attached hydrogens (tertiary/aromatic N) is 1. The topological polar surface area (TPSA) is 59.0 Å². The zero-order chi connectivity index (χ0) is 18.0. The molecule has 0 saturated carbocycles. The lowest BCUT2D eigenvalue weighted by Crippen LogP contribution is -2.27. The lowest BCUT2D eigenvalue weighted by Gasteiger charge is -2.14. The van der Waals surface area contributed by atoms with Crippen molar-refractivity contribution in [3.05, 3.63) is 52.9 Å². The van der Waals surface area contributed by atoms with E-state index in [1.807, 2.05) is 12.1 Å². The van der Waals surface area contributed by atoms with Gasteiger partial charge in [-0.05, 0) is 36.4 Å². The minimum absolute atomic E-state index is 0.130. The van der Waals surface area contributed by atoms with Crippen LogP contribution in [0, 0.1) is 0 Å². The number of carbonyl (C=O) groups excluding carboxylic acids is 1. The molecule has 7 heteroatoms. The van der Waals surface area contributed by atoms with Gasteiger partial charge in [-0.25, -0.2) is 0 Å². The molecule has 0 aliphatic carbocycles. The smallest absolute Gasteiger partial charge is 0.270 e. The first-order valence-electron chi connectivity index (χ1n) is 7.33. The van der Waals surface area contributed by atoms with E-state index in [2.05, 4.69) is 0 Å². The summed E-state index contributed by atoms with van der Waals surface area (Å²) in [5.41, 5.74) is 1.34. The Kier molecular flexibility index (Phi) is 4.96. The van der Waals surface area contributed by atoms with Crippen molar-refractivity contribution in [2.45, 2.75) is 0 Å². The SMILES string of the molecule is COc1cccc(/C=C2/SC(=S)N(c3ccc(O)cc3)C2=O)c1OC. The number of hydrogen-bond acceptors (Lipinski definition) is 6. The summed E-state index contributed by atoms with van der Waals surface area (Å²) >= 11 is 6.56. The van der Waals surface area contributed by atoms with Crippen molar-refractivity contribution < 1.29 is 19.4 Å². The normalized spacial score (nSPS) is 15.8. The molecule has 1 fully saturated rings. The van der Waals surface area contributed by atoms with Gasteiger partial charge in [0.05, 0.1) is 24.8 Å². The number of phenolic OH excluding ortho intramolecular Hbond substituents is 1. The largest absolute Gasteiger partial charge is 0.508 e. The van der Waals surface area contributed by atoms with Crippen molar-refractivity contribution in [3.8, 4) is 17.2 Å².